The normalized spacial score (nSPS) is 15.6. The summed E-state index contributed by atoms with van der Waals surface area (Å²) in [6.45, 7) is 8.40. The fourth-order valence-electron chi connectivity index (χ4n) is 2.94. The molecule has 1 aliphatic heterocycles. The van der Waals surface area contributed by atoms with Gasteiger partial charge in [0.1, 0.15) is 0 Å². The number of nitrogens with zero attached hydrogens (tertiary/aromatic N) is 1. The number of hydrogen-bond donors (Lipinski definition) is 2. The van der Waals surface area contributed by atoms with Crippen LogP contribution >= 0.6 is 0 Å². The first kappa shape index (κ1) is 19.0. The van der Waals surface area contributed by atoms with Crippen molar-refractivity contribution in [1.82, 2.24) is 4.90 Å². The van der Waals surface area contributed by atoms with Gasteiger partial charge in [-0.2, -0.15) is 0 Å². The van der Waals surface area contributed by atoms with Gasteiger partial charge in [0.05, 0.1) is 0 Å². The molecular weight excluding hydrogens is 318 g/mol. The predicted molar refractivity (Wildman–Crippen MR) is 98.1 cm³/mol. The molecule has 2 N–H and O–H groups in total. The number of amides is 3. The Balaban J connectivity index is 1.91. The second kappa shape index (κ2) is 7.68. The van der Waals surface area contributed by atoms with Crippen LogP contribution in [0.4, 0.5) is 11.4 Å². The van der Waals surface area contributed by atoms with E-state index in [9.17, 15) is 14.4 Å². The number of rotatable bonds is 3. The Morgan fingerprint density at radius 3 is 2.12 bits per heavy atom. The predicted octanol–water partition coefficient (Wildman–Crippen LogP) is 2.87. The first-order chi connectivity index (χ1) is 11.7. The minimum Gasteiger partial charge on any atom is -0.342 e. The fraction of sp³-hybridized carbons (Fsp3) is 0.526. The molecule has 0 saturated carbocycles. The van der Waals surface area contributed by atoms with Crippen molar-refractivity contribution >= 4 is 29.1 Å². The molecule has 1 fully saturated rings. The van der Waals surface area contributed by atoms with E-state index in [-0.39, 0.29) is 29.1 Å². The number of anilines is 2. The largest absolute Gasteiger partial charge is 0.342 e. The quantitative estimate of drug-likeness (QED) is 0.884. The van der Waals surface area contributed by atoms with Crippen LogP contribution in [0.2, 0.25) is 0 Å². The maximum Gasteiger partial charge on any atom is 0.227 e. The lowest BCUT2D eigenvalue weighted by atomic mass is 9.90. The molecule has 0 unspecified atom stereocenters. The van der Waals surface area contributed by atoms with Gasteiger partial charge in [0.25, 0.3) is 0 Å². The molecule has 0 bridgehead atoms. The summed E-state index contributed by atoms with van der Waals surface area (Å²) in [6, 6.07) is 7.08. The van der Waals surface area contributed by atoms with Gasteiger partial charge in [0.2, 0.25) is 17.7 Å². The maximum atomic E-state index is 12.5. The highest BCUT2D eigenvalue weighted by molar-refractivity contribution is 5.94. The lowest BCUT2D eigenvalue weighted by Crippen LogP contribution is -2.45. The molecule has 6 heteroatoms. The average molecular weight is 345 g/mol. The highest BCUT2D eigenvalue weighted by Crippen LogP contribution is 2.25. The number of benzene rings is 1. The molecule has 1 aromatic carbocycles. The van der Waals surface area contributed by atoms with Crippen LogP contribution in [0, 0.1) is 11.3 Å². The van der Waals surface area contributed by atoms with Gasteiger partial charge >= 0.3 is 0 Å². The van der Waals surface area contributed by atoms with Gasteiger partial charge in [-0.15, -0.1) is 0 Å². The number of hydrogen-bond acceptors (Lipinski definition) is 3. The molecule has 6 nitrogen and oxygen atoms in total. The Bertz CT molecular complexity index is 656. The Kier molecular flexibility index (Phi) is 5.82. The molecule has 2 rings (SSSR count). The molecule has 25 heavy (non-hydrogen) atoms. The lowest BCUT2D eigenvalue weighted by molar-refractivity contribution is -0.142. The summed E-state index contributed by atoms with van der Waals surface area (Å²) in [5, 5.41) is 5.60. The Labute approximate surface area is 149 Å². The smallest absolute Gasteiger partial charge is 0.227 e. The van der Waals surface area contributed by atoms with Crippen LogP contribution in [0.25, 0.3) is 0 Å². The third kappa shape index (κ3) is 5.31. The second-order valence-corrected chi connectivity index (χ2v) is 7.57. The van der Waals surface area contributed by atoms with Crippen LogP contribution in [0.1, 0.15) is 40.5 Å². The molecule has 1 aromatic rings. The molecule has 0 aromatic heterocycles. The summed E-state index contributed by atoms with van der Waals surface area (Å²) in [5.74, 6) is -0.162. The van der Waals surface area contributed by atoms with Crippen LogP contribution in [-0.4, -0.2) is 35.7 Å². The lowest BCUT2D eigenvalue weighted by Gasteiger charge is -2.35. The number of likely N-dealkylation sites (tertiary alicyclic amines) is 1. The Morgan fingerprint density at radius 1 is 1.04 bits per heavy atom. The topological polar surface area (TPSA) is 78.5 Å². The second-order valence-electron chi connectivity index (χ2n) is 7.57. The van der Waals surface area contributed by atoms with Crippen molar-refractivity contribution in [2.45, 2.75) is 40.5 Å². The maximum absolute atomic E-state index is 12.5. The monoisotopic (exact) mass is 345 g/mol. The van der Waals surface area contributed by atoms with Gasteiger partial charge in [-0.05, 0) is 31.0 Å². The zero-order chi connectivity index (χ0) is 18.6. The van der Waals surface area contributed by atoms with Crippen molar-refractivity contribution in [2.75, 3.05) is 23.7 Å². The molecular formula is C19H27N3O3. The third-order valence-electron chi connectivity index (χ3n) is 4.25. The van der Waals surface area contributed by atoms with Crippen molar-refractivity contribution in [3.63, 3.8) is 0 Å². The molecule has 1 saturated heterocycles. The SMILES string of the molecule is CC(=O)Nc1cccc(NC(=O)C2CCN(C(=O)C(C)(C)C)CC2)c1. The van der Waals surface area contributed by atoms with Crippen molar-refractivity contribution in [3.8, 4) is 0 Å². The molecule has 1 aliphatic rings. The van der Waals surface area contributed by atoms with Gasteiger partial charge < -0.3 is 15.5 Å². The number of piperidine rings is 1. The zero-order valence-electron chi connectivity index (χ0n) is 15.4. The average Bonchev–Trinajstić information content (AvgIpc) is 2.53. The zero-order valence-corrected chi connectivity index (χ0v) is 15.4. The van der Waals surface area contributed by atoms with E-state index in [1.54, 1.807) is 24.3 Å². The first-order valence-electron chi connectivity index (χ1n) is 8.64. The summed E-state index contributed by atoms with van der Waals surface area (Å²) >= 11 is 0. The van der Waals surface area contributed by atoms with E-state index in [0.717, 1.165) is 0 Å². The van der Waals surface area contributed by atoms with Gasteiger partial charge in [0.15, 0.2) is 0 Å². The van der Waals surface area contributed by atoms with Gasteiger partial charge in [-0.25, -0.2) is 0 Å². The van der Waals surface area contributed by atoms with Crippen LogP contribution in [0.15, 0.2) is 24.3 Å². The van der Waals surface area contributed by atoms with Crippen LogP contribution in [-0.2, 0) is 14.4 Å². The van der Waals surface area contributed by atoms with E-state index < -0.39 is 0 Å². The number of carbonyl (C=O) groups excluding carboxylic acids is 3. The fourth-order valence-corrected chi connectivity index (χ4v) is 2.94. The summed E-state index contributed by atoms with van der Waals surface area (Å²) in [7, 11) is 0. The molecule has 0 spiro atoms. The molecule has 0 atom stereocenters. The number of carbonyl (C=O) groups is 3. The summed E-state index contributed by atoms with van der Waals surface area (Å²) in [4.78, 5) is 37.7. The van der Waals surface area contributed by atoms with Crippen molar-refractivity contribution < 1.29 is 14.4 Å². The van der Waals surface area contributed by atoms with E-state index >= 15 is 0 Å². The van der Waals surface area contributed by atoms with E-state index in [0.29, 0.717) is 37.3 Å². The van der Waals surface area contributed by atoms with E-state index in [2.05, 4.69) is 10.6 Å². The standard InChI is InChI=1S/C19H27N3O3/c1-13(23)20-15-6-5-7-16(12-15)21-17(24)14-8-10-22(11-9-14)18(25)19(2,3)4/h5-7,12,14H,8-11H2,1-4H3,(H,20,23)(H,21,24). The van der Waals surface area contributed by atoms with Crippen molar-refractivity contribution in [1.29, 1.82) is 0 Å². The van der Waals surface area contributed by atoms with E-state index in [1.807, 2.05) is 25.7 Å². The van der Waals surface area contributed by atoms with Gasteiger partial charge in [-0.3, -0.25) is 14.4 Å². The van der Waals surface area contributed by atoms with Gasteiger partial charge in [-0.1, -0.05) is 26.8 Å². The van der Waals surface area contributed by atoms with E-state index in [1.165, 1.54) is 6.92 Å². The van der Waals surface area contributed by atoms with Crippen molar-refractivity contribution in [3.05, 3.63) is 24.3 Å². The molecule has 0 aliphatic carbocycles. The number of nitrogens with one attached hydrogen (secondary N) is 2. The minimum atomic E-state index is -0.390. The first-order valence-corrected chi connectivity index (χ1v) is 8.64. The highest BCUT2D eigenvalue weighted by Gasteiger charge is 2.32. The highest BCUT2D eigenvalue weighted by atomic mass is 16.2. The van der Waals surface area contributed by atoms with Gasteiger partial charge in [0, 0.05) is 42.7 Å². The Hall–Kier alpha value is -2.37. The Morgan fingerprint density at radius 2 is 1.60 bits per heavy atom. The summed E-state index contributed by atoms with van der Waals surface area (Å²) < 4.78 is 0. The van der Waals surface area contributed by atoms with Crippen LogP contribution < -0.4 is 10.6 Å². The molecule has 0 radical (unpaired) electrons. The van der Waals surface area contributed by atoms with E-state index in [4.69, 9.17) is 0 Å². The third-order valence-corrected chi connectivity index (χ3v) is 4.25. The van der Waals surface area contributed by atoms with Crippen LogP contribution in [0.3, 0.4) is 0 Å². The van der Waals surface area contributed by atoms with Crippen molar-refractivity contribution in [2.24, 2.45) is 11.3 Å². The molecule has 3 amide bonds. The van der Waals surface area contributed by atoms with Crippen LogP contribution in [0.5, 0.6) is 0 Å². The molecule has 136 valence electrons. The molecule has 1 heterocycles. The summed E-state index contributed by atoms with van der Waals surface area (Å²) in [6.07, 6.45) is 1.33. The minimum absolute atomic E-state index is 0.0390. The summed E-state index contributed by atoms with van der Waals surface area (Å²) in [5.41, 5.74) is 0.916.